The number of ether oxygens (including phenoxy) is 1. The van der Waals surface area contributed by atoms with Crippen molar-refractivity contribution in [3.8, 4) is 17.1 Å². The number of esters is 1. The molecule has 0 atom stereocenters. The molecule has 0 aliphatic heterocycles. The van der Waals surface area contributed by atoms with Gasteiger partial charge in [-0.15, -0.1) is 5.10 Å². The molecule has 158 valence electrons. The molecule has 5 aromatic rings. The minimum atomic E-state index is -0.455. The van der Waals surface area contributed by atoms with Crippen molar-refractivity contribution in [1.82, 2.24) is 14.6 Å². The minimum Gasteiger partial charge on any atom is -0.426 e. The molecule has 6 nitrogen and oxygen atoms in total. The zero-order valence-electron chi connectivity index (χ0n) is 16.5. The maximum Gasteiger partial charge on any atom is 0.308 e. The lowest BCUT2D eigenvalue weighted by atomic mass is 10.1. The highest BCUT2D eigenvalue weighted by molar-refractivity contribution is 7.15. The second-order valence-corrected chi connectivity index (χ2v) is 8.85. The van der Waals surface area contributed by atoms with Crippen LogP contribution in [-0.2, 0) is 4.79 Å². The molecule has 0 unspecified atom stereocenters. The first kappa shape index (κ1) is 20.6. The second kappa shape index (κ2) is 8.02. The van der Waals surface area contributed by atoms with Crippen LogP contribution in [0.1, 0.15) is 12.5 Å². The molecule has 0 saturated heterocycles. The molecule has 3 aromatic carbocycles. The Bertz CT molecular complexity index is 1640. The van der Waals surface area contributed by atoms with Crippen molar-refractivity contribution in [3.05, 3.63) is 85.1 Å². The van der Waals surface area contributed by atoms with Crippen molar-refractivity contribution in [2.75, 3.05) is 0 Å². The van der Waals surface area contributed by atoms with Crippen LogP contribution in [0.4, 0.5) is 0 Å². The normalized spacial score (nSPS) is 12.0. The van der Waals surface area contributed by atoms with Gasteiger partial charge in [0.2, 0.25) is 4.96 Å². The van der Waals surface area contributed by atoms with Crippen LogP contribution in [-0.4, -0.2) is 20.6 Å². The molecule has 9 heteroatoms. The Morgan fingerprint density at radius 1 is 1.09 bits per heavy atom. The molecule has 0 aliphatic rings. The Balaban J connectivity index is 1.65. The number of aromatic nitrogens is 3. The maximum atomic E-state index is 12.9. The third-order valence-corrected chi connectivity index (χ3v) is 6.30. The van der Waals surface area contributed by atoms with Gasteiger partial charge >= 0.3 is 5.97 Å². The summed E-state index contributed by atoms with van der Waals surface area (Å²) in [6, 6.07) is 16.3. The van der Waals surface area contributed by atoms with E-state index in [4.69, 9.17) is 27.9 Å². The summed E-state index contributed by atoms with van der Waals surface area (Å²) in [6.45, 7) is 1.33. The molecule has 2 heterocycles. The molecular weight excluding hydrogens is 469 g/mol. The fourth-order valence-electron chi connectivity index (χ4n) is 3.34. The van der Waals surface area contributed by atoms with Gasteiger partial charge in [-0.25, -0.2) is 0 Å². The SMILES string of the molecule is CC(=O)Oc1cc2ccccc2cc1-c1nc2s/c(=C\c3ccc(Cl)cc3Cl)c(=O)n2n1. The van der Waals surface area contributed by atoms with E-state index in [0.29, 0.717) is 42.2 Å². The predicted octanol–water partition coefficient (Wildman–Crippen LogP) is 4.75. The number of halogens is 2. The van der Waals surface area contributed by atoms with Gasteiger partial charge in [-0.2, -0.15) is 9.50 Å². The fraction of sp³-hybridized carbons (Fsp3) is 0.0435. The van der Waals surface area contributed by atoms with Crippen molar-refractivity contribution >= 4 is 62.3 Å². The summed E-state index contributed by atoms with van der Waals surface area (Å²) >= 11 is 13.4. The predicted molar refractivity (Wildman–Crippen MR) is 127 cm³/mol. The number of thiazole rings is 1. The minimum absolute atomic E-state index is 0.298. The van der Waals surface area contributed by atoms with E-state index in [-0.39, 0.29) is 5.56 Å². The van der Waals surface area contributed by atoms with Crippen LogP contribution in [0, 0.1) is 0 Å². The molecule has 0 N–H and O–H groups in total. The van der Waals surface area contributed by atoms with Gasteiger partial charge < -0.3 is 4.74 Å². The average molecular weight is 482 g/mol. The lowest BCUT2D eigenvalue weighted by molar-refractivity contribution is -0.131. The van der Waals surface area contributed by atoms with Crippen LogP contribution < -0.4 is 14.8 Å². The molecule has 0 amide bonds. The highest BCUT2D eigenvalue weighted by atomic mass is 35.5. The Hall–Kier alpha value is -3.26. The van der Waals surface area contributed by atoms with Gasteiger partial charge in [0.25, 0.3) is 5.56 Å². The van der Waals surface area contributed by atoms with E-state index in [9.17, 15) is 9.59 Å². The summed E-state index contributed by atoms with van der Waals surface area (Å²) in [4.78, 5) is 29.5. The van der Waals surface area contributed by atoms with Crippen LogP contribution >= 0.6 is 34.5 Å². The number of carbonyl (C=O) groups excluding carboxylic acids is 1. The molecule has 5 rings (SSSR count). The Morgan fingerprint density at radius 2 is 1.84 bits per heavy atom. The zero-order valence-corrected chi connectivity index (χ0v) is 18.8. The van der Waals surface area contributed by atoms with Crippen LogP contribution in [0.3, 0.4) is 0 Å². The van der Waals surface area contributed by atoms with E-state index in [1.54, 1.807) is 30.3 Å². The van der Waals surface area contributed by atoms with E-state index in [2.05, 4.69) is 10.1 Å². The summed E-state index contributed by atoms with van der Waals surface area (Å²) in [6.07, 6.45) is 1.68. The third kappa shape index (κ3) is 3.75. The highest BCUT2D eigenvalue weighted by Crippen LogP contribution is 2.33. The first-order chi connectivity index (χ1) is 15.4. The van der Waals surface area contributed by atoms with Crippen molar-refractivity contribution in [1.29, 1.82) is 0 Å². The van der Waals surface area contributed by atoms with Gasteiger partial charge in [0, 0.05) is 17.0 Å². The van der Waals surface area contributed by atoms with Gasteiger partial charge in [-0.1, -0.05) is 64.9 Å². The van der Waals surface area contributed by atoms with Gasteiger partial charge in [0.1, 0.15) is 5.75 Å². The Morgan fingerprint density at radius 3 is 2.53 bits per heavy atom. The molecule has 32 heavy (non-hydrogen) atoms. The van der Waals surface area contributed by atoms with Crippen molar-refractivity contribution in [3.63, 3.8) is 0 Å². The zero-order chi connectivity index (χ0) is 22.4. The summed E-state index contributed by atoms with van der Waals surface area (Å²) < 4.78 is 7.08. The molecule has 2 aromatic heterocycles. The standard InChI is InChI=1S/C23H13Cl2N3O3S/c1-12(29)31-19-9-14-5-3-2-4-13(14)8-17(19)21-26-23-28(27-21)22(30)20(32-23)10-15-6-7-16(24)11-18(15)25/h2-11H,1H3/b20-10-. The summed E-state index contributed by atoms with van der Waals surface area (Å²) in [5.41, 5.74) is 0.884. The van der Waals surface area contributed by atoms with E-state index in [1.807, 2.05) is 30.3 Å². The molecule has 0 saturated carbocycles. The van der Waals surface area contributed by atoms with Crippen LogP contribution in [0.2, 0.25) is 10.0 Å². The molecule has 0 radical (unpaired) electrons. The average Bonchev–Trinajstić information content (AvgIpc) is 3.28. The Kier molecular flexibility index (Phi) is 5.17. The lowest BCUT2D eigenvalue weighted by Gasteiger charge is -2.08. The smallest absolute Gasteiger partial charge is 0.308 e. The maximum absolute atomic E-state index is 12.9. The van der Waals surface area contributed by atoms with Crippen molar-refractivity contribution < 1.29 is 9.53 Å². The molecule has 0 bridgehead atoms. The quantitative estimate of drug-likeness (QED) is 0.274. The summed E-state index contributed by atoms with van der Waals surface area (Å²) in [5, 5.41) is 7.20. The molecular formula is C23H13Cl2N3O3S. The fourth-order valence-corrected chi connectivity index (χ4v) is 4.70. The van der Waals surface area contributed by atoms with Crippen LogP contribution in [0.15, 0.2) is 59.4 Å². The monoisotopic (exact) mass is 481 g/mol. The lowest BCUT2D eigenvalue weighted by Crippen LogP contribution is -2.23. The van der Waals surface area contributed by atoms with Crippen molar-refractivity contribution in [2.45, 2.75) is 6.92 Å². The third-order valence-electron chi connectivity index (χ3n) is 4.77. The molecule has 0 fully saturated rings. The van der Waals surface area contributed by atoms with E-state index in [0.717, 1.165) is 10.8 Å². The number of fused-ring (bicyclic) bond motifs is 2. The van der Waals surface area contributed by atoms with Gasteiger partial charge in [-0.3, -0.25) is 9.59 Å². The number of carbonyl (C=O) groups is 1. The first-order valence-electron chi connectivity index (χ1n) is 9.47. The Labute approximate surface area is 195 Å². The van der Waals surface area contributed by atoms with Gasteiger partial charge in [-0.05, 0) is 46.7 Å². The summed E-state index contributed by atoms with van der Waals surface area (Å²) in [7, 11) is 0. The number of hydrogen-bond acceptors (Lipinski definition) is 6. The number of hydrogen-bond donors (Lipinski definition) is 0. The number of benzene rings is 3. The van der Waals surface area contributed by atoms with Crippen molar-refractivity contribution in [2.24, 2.45) is 0 Å². The van der Waals surface area contributed by atoms with E-state index in [1.165, 1.54) is 22.8 Å². The van der Waals surface area contributed by atoms with E-state index >= 15 is 0 Å². The highest BCUT2D eigenvalue weighted by Gasteiger charge is 2.18. The summed E-state index contributed by atoms with van der Waals surface area (Å²) in [5.74, 6) is 0.178. The second-order valence-electron chi connectivity index (χ2n) is 7.00. The topological polar surface area (TPSA) is 73.6 Å². The molecule has 0 spiro atoms. The van der Waals surface area contributed by atoms with Crippen LogP contribution in [0.25, 0.3) is 33.2 Å². The largest absolute Gasteiger partial charge is 0.426 e. The molecule has 0 aliphatic carbocycles. The van der Waals surface area contributed by atoms with Crippen LogP contribution in [0.5, 0.6) is 5.75 Å². The first-order valence-corrected chi connectivity index (χ1v) is 11.0. The number of nitrogens with zero attached hydrogens (tertiary/aromatic N) is 3. The number of rotatable bonds is 3. The van der Waals surface area contributed by atoms with Gasteiger partial charge in [0.15, 0.2) is 5.82 Å². The van der Waals surface area contributed by atoms with Gasteiger partial charge in [0.05, 0.1) is 10.1 Å². The van der Waals surface area contributed by atoms with E-state index < -0.39 is 5.97 Å².